The van der Waals surface area contributed by atoms with Gasteiger partial charge in [-0.1, -0.05) is 0 Å². The summed E-state index contributed by atoms with van der Waals surface area (Å²) in [6.45, 7) is 2.61. The number of hydrogen-bond donors (Lipinski definition) is 2. The van der Waals surface area contributed by atoms with Crippen molar-refractivity contribution in [3.8, 4) is 5.75 Å². The van der Waals surface area contributed by atoms with Crippen molar-refractivity contribution >= 4 is 11.4 Å². The van der Waals surface area contributed by atoms with Gasteiger partial charge in [0.1, 0.15) is 5.75 Å². The van der Waals surface area contributed by atoms with Crippen molar-refractivity contribution in [3.05, 3.63) is 18.2 Å². The number of rotatable bonds is 3. The van der Waals surface area contributed by atoms with Crippen molar-refractivity contribution in [1.82, 2.24) is 0 Å². The molecule has 0 aromatic heterocycles. The predicted octanol–water partition coefficient (Wildman–Crippen LogP) is 1.71. The van der Waals surface area contributed by atoms with E-state index in [0.29, 0.717) is 12.3 Å². The van der Waals surface area contributed by atoms with Crippen molar-refractivity contribution in [1.29, 1.82) is 0 Å². The second kappa shape index (κ2) is 3.85. The maximum absolute atomic E-state index is 5.65. The van der Waals surface area contributed by atoms with Crippen LogP contribution in [0.4, 0.5) is 11.4 Å². The number of nitrogens with two attached hydrogens (primary N) is 1. The Bertz CT molecular complexity index is 261. The molecule has 3 N–H and O–H groups in total. The lowest BCUT2D eigenvalue weighted by molar-refractivity contribution is 0.340. The van der Waals surface area contributed by atoms with E-state index in [0.717, 1.165) is 11.4 Å². The van der Waals surface area contributed by atoms with Gasteiger partial charge >= 0.3 is 0 Å². The van der Waals surface area contributed by atoms with Gasteiger partial charge in [-0.05, 0) is 13.0 Å². The zero-order valence-corrected chi connectivity index (χ0v) is 7.42. The van der Waals surface area contributed by atoms with Crippen LogP contribution in [0.2, 0.25) is 0 Å². The molecular formula is C9H14N2O. The summed E-state index contributed by atoms with van der Waals surface area (Å²) in [6.07, 6.45) is 0. The van der Waals surface area contributed by atoms with Gasteiger partial charge in [-0.25, -0.2) is 0 Å². The molecule has 0 aliphatic heterocycles. The third kappa shape index (κ3) is 2.05. The molecule has 1 aromatic rings. The number of nitrogen functional groups attached to an aromatic ring is 1. The highest BCUT2D eigenvalue weighted by atomic mass is 16.5. The van der Waals surface area contributed by atoms with Crippen LogP contribution in [0.25, 0.3) is 0 Å². The molecule has 3 nitrogen and oxygen atoms in total. The van der Waals surface area contributed by atoms with Crippen LogP contribution in [0.3, 0.4) is 0 Å². The lowest BCUT2D eigenvalue weighted by atomic mass is 10.2. The fraction of sp³-hybridized carbons (Fsp3) is 0.333. The number of anilines is 2. The number of hydrogen-bond acceptors (Lipinski definition) is 3. The van der Waals surface area contributed by atoms with E-state index >= 15 is 0 Å². The molecule has 0 fully saturated rings. The lowest BCUT2D eigenvalue weighted by Gasteiger charge is -2.07. The molecule has 0 atom stereocenters. The van der Waals surface area contributed by atoms with Crippen molar-refractivity contribution < 1.29 is 4.74 Å². The monoisotopic (exact) mass is 166 g/mol. The molecule has 0 amide bonds. The van der Waals surface area contributed by atoms with E-state index in [9.17, 15) is 0 Å². The van der Waals surface area contributed by atoms with Crippen molar-refractivity contribution in [2.24, 2.45) is 0 Å². The van der Waals surface area contributed by atoms with E-state index in [-0.39, 0.29) is 0 Å². The highest BCUT2D eigenvalue weighted by molar-refractivity contribution is 5.58. The van der Waals surface area contributed by atoms with E-state index in [1.165, 1.54) is 0 Å². The van der Waals surface area contributed by atoms with Crippen LogP contribution in [0.1, 0.15) is 6.92 Å². The summed E-state index contributed by atoms with van der Waals surface area (Å²) in [4.78, 5) is 0. The van der Waals surface area contributed by atoms with Crippen LogP contribution in [-0.4, -0.2) is 13.7 Å². The van der Waals surface area contributed by atoms with Crippen molar-refractivity contribution in [3.63, 3.8) is 0 Å². The predicted molar refractivity (Wildman–Crippen MR) is 51.6 cm³/mol. The minimum atomic E-state index is 0.659. The first kappa shape index (κ1) is 8.71. The van der Waals surface area contributed by atoms with Crippen molar-refractivity contribution in [2.45, 2.75) is 6.92 Å². The molecule has 12 heavy (non-hydrogen) atoms. The first-order chi connectivity index (χ1) is 5.76. The van der Waals surface area contributed by atoms with Crippen LogP contribution < -0.4 is 15.8 Å². The summed E-state index contributed by atoms with van der Waals surface area (Å²) < 4.78 is 5.31. The molecule has 0 heterocycles. The van der Waals surface area contributed by atoms with Crippen LogP contribution in [0.5, 0.6) is 5.75 Å². The van der Waals surface area contributed by atoms with Gasteiger partial charge in [-0.2, -0.15) is 0 Å². The fourth-order valence-electron chi connectivity index (χ4n) is 1.02. The Morgan fingerprint density at radius 2 is 2.17 bits per heavy atom. The smallest absolute Gasteiger partial charge is 0.123 e. The molecule has 0 aliphatic rings. The molecule has 0 saturated heterocycles. The molecule has 0 saturated carbocycles. The molecule has 1 aromatic carbocycles. The maximum Gasteiger partial charge on any atom is 0.123 e. The van der Waals surface area contributed by atoms with E-state index < -0.39 is 0 Å². The first-order valence-electron chi connectivity index (χ1n) is 3.97. The summed E-state index contributed by atoms with van der Waals surface area (Å²) >= 11 is 0. The Morgan fingerprint density at radius 1 is 1.42 bits per heavy atom. The average Bonchev–Trinajstić information content (AvgIpc) is 2.04. The Hall–Kier alpha value is -1.38. The fourth-order valence-corrected chi connectivity index (χ4v) is 1.02. The second-order valence-corrected chi connectivity index (χ2v) is 2.47. The lowest BCUT2D eigenvalue weighted by Crippen LogP contribution is -1.96. The van der Waals surface area contributed by atoms with Gasteiger partial charge in [0.25, 0.3) is 0 Å². The second-order valence-electron chi connectivity index (χ2n) is 2.47. The van der Waals surface area contributed by atoms with Crippen molar-refractivity contribution in [2.75, 3.05) is 24.7 Å². The Balaban J connectivity index is 2.90. The van der Waals surface area contributed by atoms with Gasteiger partial charge in [0.15, 0.2) is 0 Å². The zero-order chi connectivity index (χ0) is 8.97. The van der Waals surface area contributed by atoms with Crippen LogP contribution in [0.15, 0.2) is 18.2 Å². The van der Waals surface area contributed by atoms with E-state index in [1.54, 1.807) is 0 Å². The van der Waals surface area contributed by atoms with Crippen LogP contribution in [-0.2, 0) is 0 Å². The Kier molecular flexibility index (Phi) is 2.80. The van der Waals surface area contributed by atoms with Gasteiger partial charge in [-0.15, -0.1) is 0 Å². The van der Waals surface area contributed by atoms with Gasteiger partial charge in [0.2, 0.25) is 0 Å². The molecule has 0 spiro atoms. The minimum absolute atomic E-state index is 0.659. The SMILES string of the molecule is CCOc1cc(N)cc(NC)c1. The van der Waals surface area contributed by atoms with Crippen LogP contribution >= 0.6 is 0 Å². The molecule has 0 aliphatic carbocycles. The maximum atomic E-state index is 5.65. The normalized spacial score (nSPS) is 9.50. The largest absolute Gasteiger partial charge is 0.494 e. The standard InChI is InChI=1S/C9H14N2O/c1-3-12-9-5-7(10)4-8(6-9)11-2/h4-6,11H,3,10H2,1-2H3. The third-order valence-corrected chi connectivity index (χ3v) is 1.53. The van der Waals surface area contributed by atoms with Gasteiger partial charge in [0, 0.05) is 30.6 Å². The van der Waals surface area contributed by atoms with E-state index in [2.05, 4.69) is 5.32 Å². The summed E-state index contributed by atoms with van der Waals surface area (Å²) in [5.74, 6) is 0.807. The molecule has 3 heteroatoms. The number of ether oxygens (including phenoxy) is 1. The summed E-state index contributed by atoms with van der Waals surface area (Å²) in [5, 5.41) is 3.01. The number of nitrogens with one attached hydrogen (secondary N) is 1. The third-order valence-electron chi connectivity index (χ3n) is 1.53. The number of benzene rings is 1. The molecule has 0 unspecified atom stereocenters. The van der Waals surface area contributed by atoms with Gasteiger partial charge < -0.3 is 15.8 Å². The van der Waals surface area contributed by atoms with Crippen LogP contribution in [0, 0.1) is 0 Å². The minimum Gasteiger partial charge on any atom is -0.494 e. The summed E-state index contributed by atoms with van der Waals surface area (Å²) in [7, 11) is 1.85. The zero-order valence-electron chi connectivity index (χ0n) is 7.42. The molecule has 0 bridgehead atoms. The molecule has 0 radical (unpaired) electrons. The van der Waals surface area contributed by atoms with E-state index in [4.69, 9.17) is 10.5 Å². The van der Waals surface area contributed by atoms with E-state index in [1.807, 2.05) is 32.2 Å². The van der Waals surface area contributed by atoms with Gasteiger partial charge in [-0.3, -0.25) is 0 Å². The quantitative estimate of drug-likeness (QED) is 0.672. The first-order valence-corrected chi connectivity index (χ1v) is 3.97. The Labute approximate surface area is 72.5 Å². The molecule has 1 rings (SSSR count). The van der Waals surface area contributed by atoms with Gasteiger partial charge in [0.05, 0.1) is 6.61 Å². The summed E-state index contributed by atoms with van der Waals surface area (Å²) in [6, 6.07) is 5.59. The topological polar surface area (TPSA) is 47.3 Å². The summed E-state index contributed by atoms with van der Waals surface area (Å²) in [5.41, 5.74) is 7.33. The Morgan fingerprint density at radius 3 is 2.75 bits per heavy atom. The highest BCUT2D eigenvalue weighted by Gasteiger charge is 1.96. The molecular weight excluding hydrogens is 152 g/mol. The average molecular weight is 166 g/mol. The highest BCUT2D eigenvalue weighted by Crippen LogP contribution is 2.21. The molecule has 66 valence electrons.